The van der Waals surface area contributed by atoms with E-state index in [-0.39, 0.29) is 12.3 Å². The molecule has 0 aliphatic heterocycles. The van der Waals surface area contributed by atoms with E-state index in [1.54, 1.807) is 6.08 Å². The van der Waals surface area contributed by atoms with E-state index in [1.807, 2.05) is 44.2 Å². The molecule has 0 atom stereocenters. The molecule has 0 saturated carbocycles. The Kier molecular flexibility index (Phi) is 5.30. The summed E-state index contributed by atoms with van der Waals surface area (Å²) in [5, 5.41) is 11.4. The van der Waals surface area contributed by atoms with Crippen LogP contribution in [0, 0.1) is 0 Å². The molecule has 0 aliphatic rings. The molecule has 1 aromatic rings. The smallest absolute Gasteiger partial charge is 0.303 e. The van der Waals surface area contributed by atoms with Crippen molar-refractivity contribution in [1.82, 2.24) is 5.32 Å². The summed E-state index contributed by atoms with van der Waals surface area (Å²) in [4.78, 5) is 22.2. The topological polar surface area (TPSA) is 66.4 Å². The fraction of sp³-hybridized carbons (Fsp3) is 0.333. The van der Waals surface area contributed by atoms with Crippen molar-refractivity contribution < 1.29 is 14.7 Å². The molecule has 0 fully saturated rings. The molecule has 19 heavy (non-hydrogen) atoms. The van der Waals surface area contributed by atoms with Gasteiger partial charge in [0.15, 0.2) is 0 Å². The third-order valence-corrected chi connectivity index (χ3v) is 2.65. The molecule has 1 amide bonds. The summed E-state index contributed by atoms with van der Waals surface area (Å²) in [6.45, 7) is 3.62. The predicted molar refractivity (Wildman–Crippen MR) is 74.6 cm³/mol. The van der Waals surface area contributed by atoms with Gasteiger partial charge < -0.3 is 10.4 Å². The second kappa shape index (κ2) is 6.73. The van der Waals surface area contributed by atoms with Crippen LogP contribution >= 0.6 is 0 Å². The predicted octanol–water partition coefficient (Wildman–Crippen LogP) is 2.46. The Hall–Kier alpha value is -2.10. The number of carbonyl (C=O) groups is 2. The van der Waals surface area contributed by atoms with Crippen molar-refractivity contribution in [3.05, 3.63) is 42.0 Å². The van der Waals surface area contributed by atoms with Gasteiger partial charge in [-0.1, -0.05) is 30.3 Å². The Morgan fingerprint density at radius 1 is 1.26 bits per heavy atom. The first-order valence-corrected chi connectivity index (χ1v) is 6.16. The van der Waals surface area contributed by atoms with Gasteiger partial charge in [-0.25, -0.2) is 0 Å². The second-order valence-corrected chi connectivity index (χ2v) is 5.01. The monoisotopic (exact) mass is 261 g/mol. The largest absolute Gasteiger partial charge is 0.481 e. The van der Waals surface area contributed by atoms with Gasteiger partial charge in [0.1, 0.15) is 0 Å². The highest BCUT2D eigenvalue weighted by molar-refractivity contribution is 5.92. The van der Waals surface area contributed by atoms with E-state index in [9.17, 15) is 9.59 Å². The van der Waals surface area contributed by atoms with Crippen LogP contribution in [-0.4, -0.2) is 22.5 Å². The van der Waals surface area contributed by atoms with Gasteiger partial charge in [0.05, 0.1) is 0 Å². The lowest BCUT2D eigenvalue weighted by atomic mass is 9.98. The van der Waals surface area contributed by atoms with E-state index >= 15 is 0 Å². The SMILES string of the molecule is CC(C)(CCC(=O)O)NC(=O)C=Cc1ccccc1. The number of hydrogen-bond acceptors (Lipinski definition) is 2. The molecule has 4 nitrogen and oxygen atoms in total. The highest BCUT2D eigenvalue weighted by atomic mass is 16.4. The maximum absolute atomic E-state index is 11.7. The fourth-order valence-electron chi connectivity index (χ4n) is 1.59. The number of nitrogens with one attached hydrogen (secondary N) is 1. The zero-order valence-corrected chi connectivity index (χ0v) is 11.2. The van der Waals surface area contributed by atoms with Crippen LogP contribution in [0.1, 0.15) is 32.3 Å². The third kappa shape index (κ3) is 6.41. The van der Waals surface area contributed by atoms with Crippen molar-refractivity contribution >= 4 is 18.0 Å². The van der Waals surface area contributed by atoms with E-state index < -0.39 is 11.5 Å². The van der Waals surface area contributed by atoms with E-state index in [0.29, 0.717) is 6.42 Å². The van der Waals surface area contributed by atoms with Crippen molar-refractivity contribution in [3.63, 3.8) is 0 Å². The van der Waals surface area contributed by atoms with E-state index in [1.165, 1.54) is 6.08 Å². The Labute approximate surface area is 113 Å². The zero-order chi connectivity index (χ0) is 14.3. The Balaban J connectivity index is 2.50. The van der Waals surface area contributed by atoms with E-state index in [4.69, 9.17) is 5.11 Å². The van der Waals surface area contributed by atoms with Crippen LogP contribution in [0.15, 0.2) is 36.4 Å². The minimum absolute atomic E-state index is 0.0374. The molecule has 1 rings (SSSR count). The molecule has 1 aromatic carbocycles. The Morgan fingerprint density at radius 2 is 1.89 bits per heavy atom. The number of aliphatic carboxylic acids is 1. The van der Waals surface area contributed by atoms with Gasteiger partial charge >= 0.3 is 5.97 Å². The number of rotatable bonds is 6. The van der Waals surface area contributed by atoms with Crippen molar-refractivity contribution in [1.29, 1.82) is 0 Å². The molecule has 0 spiro atoms. The summed E-state index contributed by atoms with van der Waals surface area (Å²) in [6.07, 6.45) is 3.61. The molecule has 0 heterocycles. The minimum Gasteiger partial charge on any atom is -0.481 e. The van der Waals surface area contributed by atoms with E-state index in [2.05, 4.69) is 5.32 Å². The summed E-state index contributed by atoms with van der Waals surface area (Å²) < 4.78 is 0. The van der Waals surface area contributed by atoms with Crippen molar-refractivity contribution in [2.75, 3.05) is 0 Å². The molecule has 0 unspecified atom stereocenters. The number of carboxylic acids is 1. The summed E-state index contributed by atoms with van der Waals surface area (Å²) in [5.41, 5.74) is 0.414. The molecule has 0 saturated heterocycles. The lowest BCUT2D eigenvalue weighted by molar-refractivity contribution is -0.137. The molecule has 0 radical (unpaired) electrons. The summed E-state index contributed by atoms with van der Waals surface area (Å²) in [5.74, 6) is -1.08. The first kappa shape index (κ1) is 15.0. The normalized spacial score (nSPS) is 11.5. The first-order valence-electron chi connectivity index (χ1n) is 6.16. The third-order valence-electron chi connectivity index (χ3n) is 2.65. The standard InChI is InChI=1S/C15H19NO3/c1-15(2,11-10-14(18)19)16-13(17)9-8-12-6-4-3-5-7-12/h3-9H,10-11H2,1-2H3,(H,16,17)(H,18,19). The summed E-state index contributed by atoms with van der Waals surface area (Å²) in [7, 11) is 0. The Morgan fingerprint density at radius 3 is 2.47 bits per heavy atom. The molecule has 102 valence electrons. The van der Waals surface area contributed by atoms with Crippen LogP contribution in [-0.2, 0) is 9.59 Å². The number of carboxylic acid groups (broad SMARTS) is 1. The summed E-state index contributed by atoms with van der Waals surface area (Å²) in [6, 6.07) is 9.51. The molecule has 0 aromatic heterocycles. The average molecular weight is 261 g/mol. The Bertz CT molecular complexity index is 464. The van der Waals surface area contributed by atoms with Gasteiger partial charge in [0.2, 0.25) is 5.91 Å². The van der Waals surface area contributed by atoms with Gasteiger partial charge in [-0.05, 0) is 31.9 Å². The zero-order valence-electron chi connectivity index (χ0n) is 11.2. The minimum atomic E-state index is -0.859. The van der Waals surface area contributed by atoms with E-state index in [0.717, 1.165) is 5.56 Å². The quantitative estimate of drug-likeness (QED) is 0.773. The lowest BCUT2D eigenvalue weighted by Gasteiger charge is -2.24. The van der Waals surface area contributed by atoms with Gasteiger partial charge in [-0.3, -0.25) is 9.59 Å². The van der Waals surface area contributed by atoms with Crippen LogP contribution in [0.4, 0.5) is 0 Å². The molecule has 2 N–H and O–H groups in total. The first-order chi connectivity index (χ1) is 8.89. The number of amides is 1. The van der Waals surface area contributed by atoms with Crippen molar-refractivity contribution in [3.8, 4) is 0 Å². The number of carbonyl (C=O) groups excluding carboxylic acids is 1. The average Bonchev–Trinajstić information content (AvgIpc) is 2.35. The molecular formula is C15H19NO3. The number of hydrogen-bond donors (Lipinski definition) is 2. The molecule has 4 heteroatoms. The lowest BCUT2D eigenvalue weighted by Crippen LogP contribution is -2.42. The van der Waals surface area contributed by atoms with Gasteiger partial charge in [-0.15, -0.1) is 0 Å². The van der Waals surface area contributed by atoms with Crippen LogP contribution in [0.2, 0.25) is 0 Å². The molecule has 0 bridgehead atoms. The molecular weight excluding hydrogens is 242 g/mol. The maximum Gasteiger partial charge on any atom is 0.303 e. The highest BCUT2D eigenvalue weighted by Crippen LogP contribution is 2.11. The molecule has 0 aliphatic carbocycles. The second-order valence-electron chi connectivity index (χ2n) is 5.01. The van der Waals surface area contributed by atoms with Crippen LogP contribution in [0.3, 0.4) is 0 Å². The van der Waals surface area contributed by atoms with Crippen LogP contribution in [0.5, 0.6) is 0 Å². The highest BCUT2D eigenvalue weighted by Gasteiger charge is 2.20. The van der Waals surface area contributed by atoms with Crippen molar-refractivity contribution in [2.24, 2.45) is 0 Å². The van der Waals surface area contributed by atoms with Crippen LogP contribution in [0.25, 0.3) is 6.08 Å². The number of benzene rings is 1. The van der Waals surface area contributed by atoms with Gasteiger partial charge in [0.25, 0.3) is 0 Å². The maximum atomic E-state index is 11.7. The summed E-state index contributed by atoms with van der Waals surface area (Å²) >= 11 is 0. The van der Waals surface area contributed by atoms with Crippen LogP contribution < -0.4 is 5.32 Å². The fourth-order valence-corrected chi connectivity index (χ4v) is 1.59. The van der Waals surface area contributed by atoms with Gasteiger partial charge in [-0.2, -0.15) is 0 Å². The van der Waals surface area contributed by atoms with Gasteiger partial charge in [0, 0.05) is 18.0 Å². The van der Waals surface area contributed by atoms with Crippen molar-refractivity contribution in [2.45, 2.75) is 32.2 Å².